The fourth-order valence-electron chi connectivity index (χ4n) is 4.76. The SMILES string of the molecule is CCN(C(=O)CCn1c(-c2ccc(N=CC=NN)cc2)nc2ccccc21)C1CCCCC1. The molecule has 1 heterocycles. The lowest BCUT2D eigenvalue weighted by Crippen LogP contribution is -2.41. The zero-order valence-corrected chi connectivity index (χ0v) is 19.2. The van der Waals surface area contributed by atoms with E-state index in [1.165, 1.54) is 25.5 Å². The fraction of sp³-hybridized carbons (Fsp3) is 0.385. The predicted molar refractivity (Wildman–Crippen MR) is 135 cm³/mol. The van der Waals surface area contributed by atoms with Gasteiger partial charge in [0.1, 0.15) is 5.82 Å². The number of carbonyl (C=O) groups excluding carboxylic acids is 1. The van der Waals surface area contributed by atoms with E-state index in [0.717, 1.165) is 47.5 Å². The van der Waals surface area contributed by atoms with Crippen LogP contribution in [0.1, 0.15) is 45.4 Å². The number of imidazole rings is 1. The highest BCUT2D eigenvalue weighted by molar-refractivity contribution is 6.16. The summed E-state index contributed by atoms with van der Waals surface area (Å²) in [5.41, 5.74) is 3.77. The molecule has 172 valence electrons. The summed E-state index contributed by atoms with van der Waals surface area (Å²) in [6.07, 6.45) is 9.47. The molecule has 0 saturated heterocycles. The number of para-hydroxylation sites is 2. The van der Waals surface area contributed by atoms with Gasteiger partial charge in [0, 0.05) is 37.3 Å². The Hall–Kier alpha value is -3.48. The van der Waals surface area contributed by atoms with Crippen molar-refractivity contribution in [1.82, 2.24) is 14.5 Å². The standard InChI is InChI=1S/C26H32N6O/c1-2-31(22-8-4-3-5-9-22)25(33)16-19-32-24-11-7-6-10-23(24)30-26(32)20-12-14-21(15-13-20)28-17-18-29-27/h6-7,10-15,17-18,22H,2-5,8-9,16,19,27H2,1H3. The number of hydrazone groups is 1. The first kappa shape index (κ1) is 22.7. The van der Waals surface area contributed by atoms with E-state index in [2.05, 4.69) is 32.6 Å². The van der Waals surface area contributed by atoms with Crippen LogP contribution in [0, 0.1) is 0 Å². The van der Waals surface area contributed by atoms with Crippen molar-refractivity contribution in [1.29, 1.82) is 0 Å². The lowest BCUT2D eigenvalue weighted by Gasteiger charge is -2.33. The van der Waals surface area contributed by atoms with Crippen LogP contribution in [0.2, 0.25) is 0 Å². The molecule has 0 atom stereocenters. The Kier molecular flexibility index (Phi) is 7.50. The maximum Gasteiger partial charge on any atom is 0.224 e. The first-order valence-electron chi connectivity index (χ1n) is 11.8. The molecule has 33 heavy (non-hydrogen) atoms. The summed E-state index contributed by atoms with van der Waals surface area (Å²) in [6.45, 7) is 3.47. The Balaban J connectivity index is 1.57. The number of amides is 1. The van der Waals surface area contributed by atoms with Crippen LogP contribution in [0.3, 0.4) is 0 Å². The van der Waals surface area contributed by atoms with Crippen molar-refractivity contribution in [3.8, 4) is 11.4 Å². The van der Waals surface area contributed by atoms with Crippen molar-refractivity contribution in [2.24, 2.45) is 15.9 Å². The molecule has 1 amide bonds. The quantitative estimate of drug-likeness (QED) is 0.304. The van der Waals surface area contributed by atoms with Gasteiger partial charge in [-0.3, -0.25) is 9.79 Å². The van der Waals surface area contributed by atoms with Gasteiger partial charge < -0.3 is 15.3 Å². The van der Waals surface area contributed by atoms with Crippen LogP contribution in [-0.4, -0.2) is 45.4 Å². The number of hydrogen-bond donors (Lipinski definition) is 1. The van der Waals surface area contributed by atoms with Crippen molar-refractivity contribution in [2.75, 3.05) is 6.54 Å². The predicted octanol–water partition coefficient (Wildman–Crippen LogP) is 4.92. The minimum atomic E-state index is 0.236. The minimum absolute atomic E-state index is 0.236. The molecule has 2 N–H and O–H groups in total. The number of nitrogens with two attached hydrogens (primary N) is 1. The van der Waals surface area contributed by atoms with Gasteiger partial charge >= 0.3 is 0 Å². The molecule has 0 unspecified atom stereocenters. The third-order valence-electron chi connectivity index (χ3n) is 6.38. The molecule has 1 aliphatic rings. The Bertz CT molecular complexity index is 1130. The number of hydrogen-bond acceptors (Lipinski definition) is 5. The van der Waals surface area contributed by atoms with Crippen molar-refractivity contribution < 1.29 is 4.79 Å². The van der Waals surface area contributed by atoms with Crippen molar-refractivity contribution in [2.45, 2.75) is 58.0 Å². The molecule has 0 radical (unpaired) electrons. The number of nitrogens with zero attached hydrogens (tertiary/aromatic N) is 5. The largest absolute Gasteiger partial charge is 0.340 e. The molecule has 0 spiro atoms. The van der Waals surface area contributed by atoms with Gasteiger partial charge in [0.05, 0.1) is 22.9 Å². The van der Waals surface area contributed by atoms with E-state index in [4.69, 9.17) is 10.8 Å². The molecule has 1 saturated carbocycles. The number of benzene rings is 2. The molecule has 1 aliphatic carbocycles. The molecule has 1 fully saturated rings. The van der Waals surface area contributed by atoms with E-state index in [9.17, 15) is 4.79 Å². The second kappa shape index (κ2) is 10.9. The van der Waals surface area contributed by atoms with Crippen LogP contribution in [0.25, 0.3) is 22.4 Å². The molecule has 3 aromatic rings. The number of aromatic nitrogens is 2. The van der Waals surface area contributed by atoms with Gasteiger partial charge in [0.25, 0.3) is 0 Å². The monoisotopic (exact) mass is 444 g/mol. The summed E-state index contributed by atoms with van der Waals surface area (Å²) in [5, 5.41) is 3.42. The van der Waals surface area contributed by atoms with E-state index >= 15 is 0 Å². The van der Waals surface area contributed by atoms with Crippen LogP contribution in [0.4, 0.5) is 5.69 Å². The van der Waals surface area contributed by atoms with Gasteiger partial charge in [-0.15, -0.1) is 0 Å². The normalized spacial score (nSPS) is 15.1. The van der Waals surface area contributed by atoms with Gasteiger partial charge in [-0.05, 0) is 56.2 Å². The van der Waals surface area contributed by atoms with Gasteiger partial charge in [0.2, 0.25) is 5.91 Å². The van der Waals surface area contributed by atoms with E-state index < -0.39 is 0 Å². The second-order valence-corrected chi connectivity index (χ2v) is 8.42. The van der Waals surface area contributed by atoms with Gasteiger partial charge in [0.15, 0.2) is 0 Å². The Morgan fingerprint density at radius 1 is 1.12 bits per heavy atom. The van der Waals surface area contributed by atoms with Crippen LogP contribution >= 0.6 is 0 Å². The molecule has 4 rings (SSSR count). The Labute approximate surface area is 195 Å². The topological polar surface area (TPSA) is 88.9 Å². The second-order valence-electron chi connectivity index (χ2n) is 8.42. The summed E-state index contributed by atoms with van der Waals surface area (Å²) >= 11 is 0. The number of aryl methyl sites for hydroxylation is 1. The van der Waals surface area contributed by atoms with Crippen molar-refractivity contribution >= 4 is 35.1 Å². The maximum atomic E-state index is 13.2. The van der Waals surface area contributed by atoms with E-state index in [0.29, 0.717) is 19.0 Å². The van der Waals surface area contributed by atoms with Gasteiger partial charge in [-0.1, -0.05) is 31.4 Å². The molecule has 0 bridgehead atoms. The summed E-state index contributed by atoms with van der Waals surface area (Å²) in [6, 6.07) is 16.4. The Morgan fingerprint density at radius 2 is 1.88 bits per heavy atom. The third-order valence-corrected chi connectivity index (χ3v) is 6.38. The lowest BCUT2D eigenvalue weighted by molar-refractivity contribution is -0.134. The van der Waals surface area contributed by atoms with Gasteiger partial charge in [-0.2, -0.15) is 5.10 Å². The average Bonchev–Trinajstić information content (AvgIpc) is 3.23. The molecular weight excluding hydrogens is 412 g/mol. The van der Waals surface area contributed by atoms with Crippen LogP contribution < -0.4 is 5.84 Å². The van der Waals surface area contributed by atoms with Crippen LogP contribution in [0.5, 0.6) is 0 Å². The molecule has 0 aliphatic heterocycles. The highest BCUT2D eigenvalue weighted by Crippen LogP contribution is 2.28. The van der Waals surface area contributed by atoms with Crippen molar-refractivity contribution in [3.63, 3.8) is 0 Å². The Morgan fingerprint density at radius 3 is 2.61 bits per heavy atom. The number of fused-ring (bicyclic) bond motifs is 1. The highest BCUT2D eigenvalue weighted by atomic mass is 16.2. The highest BCUT2D eigenvalue weighted by Gasteiger charge is 2.24. The summed E-state index contributed by atoms with van der Waals surface area (Å²) in [4.78, 5) is 24.5. The number of carbonyl (C=O) groups is 1. The van der Waals surface area contributed by atoms with E-state index in [1.807, 2.05) is 42.5 Å². The number of rotatable bonds is 8. The minimum Gasteiger partial charge on any atom is -0.340 e. The molecular formula is C26H32N6O. The summed E-state index contributed by atoms with van der Waals surface area (Å²) in [5.74, 6) is 6.21. The zero-order valence-electron chi connectivity index (χ0n) is 19.2. The average molecular weight is 445 g/mol. The fourth-order valence-corrected chi connectivity index (χ4v) is 4.76. The number of aliphatic imine (C=N–C) groups is 1. The van der Waals surface area contributed by atoms with E-state index in [-0.39, 0.29) is 5.91 Å². The van der Waals surface area contributed by atoms with Crippen LogP contribution in [-0.2, 0) is 11.3 Å². The summed E-state index contributed by atoms with van der Waals surface area (Å²) in [7, 11) is 0. The smallest absolute Gasteiger partial charge is 0.224 e. The van der Waals surface area contributed by atoms with E-state index in [1.54, 1.807) is 6.21 Å². The van der Waals surface area contributed by atoms with Crippen molar-refractivity contribution in [3.05, 3.63) is 48.5 Å². The summed E-state index contributed by atoms with van der Waals surface area (Å²) < 4.78 is 2.17. The third kappa shape index (κ3) is 5.30. The maximum absolute atomic E-state index is 13.2. The molecule has 2 aromatic carbocycles. The first-order valence-corrected chi connectivity index (χ1v) is 11.8. The first-order chi connectivity index (χ1) is 16.2. The molecule has 1 aromatic heterocycles. The van der Waals surface area contributed by atoms with Gasteiger partial charge in [-0.25, -0.2) is 4.98 Å². The van der Waals surface area contributed by atoms with Crippen LogP contribution in [0.15, 0.2) is 58.6 Å². The lowest BCUT2D eigenvalue weighted by atomic mass is 9.94. The molecule has 7 heteroatoms. The zero-order chi connectivity index (χ0) is 23.0. The molecule has 7 nitrogen and oxygen atoms in total.